The number of amides is 1. The Morgan fingerprint density at radius 1 is 1.35 bits per heavy atom. The van der Waals surface area contributed by atoms with Gasteiger partial charge in [0.1, 0.15) is 6.04 Å². The van der Waals surface area contributed by atoms with E-state index < -0.39 is 34.9 Å². The van der Waals surface area contributed by atoms with E-state index in [1.165, 1.54) is 15.7 Å². The van der Waals surface area contributed by atoms with E-state index in [-0.39, 0.29) is 5.92 Å². The number of nitrogens with zero attached hydrogens (tertiary/aromatic N) is 2. The number of carboxylic acid groups (broad SMARTS) is 1. The fourth-order valence-electron chi connectivity index (χ4n) is 3.21. The fourth-order valence-corrected chi connectivity index (χ4v) is 4.41. The van der Waals surface area contributed by atoms with Gasteiger partial charge in [-0.1, -0.05) is 20.3 Å². The molecule has 0 aromatic carbocycles. The maximum Gasteiger partial charge on any atom is 0.326 e. The topological polar surface area (TPSA) is 121 Å². The van der Waals surface area contributed by atoms with Crippen LogP contribution in [0.15, 0.2) is 4.79 Å². The molecule has 3 N–H and O–H groups in total. The molecule has 1 aliphatic carbocycles. The Labute approximate surface area is 153 Å². The second-order valence-corrected chi connectivity index (χ2v) is 7.65. The first-order valence-electron chi connectivity index (χ1n) is 8.65. The molecule has 0 aliphatic heterocycles. The lowest BCUT2D eigenvalue weighted by Crippen LogP contribution is -2.46. The highest BCUT2D eigenvalue weighted by molar-refractivity contribution is 7.17. The van der Waals surface area contributed by atoms with Gasteiger partial charge in [0.15, 0.2) is 10.5 Å². The molecule has 1 amide bonds. The lowest BCUT2D eigenvalue weighted by Gasteiger charge is -2.20. The van der Waals surface area contributed by atoms with Crippen molar-refractivity contribution in [3.8, 4) is 5.88 Å². The van der Waals surface area contributed by atoms with Crippen molar-refractivity contribution in [1.82, 2.24) is 14.7 Å². The van der Waals surface area contributed by atoms with Gasteiger partial charge in [0.05, 0.1) is 0 Å². The summed E-state index contributed by atoms with van der Waals surface area (Å²) >= 11 is 1.34. The number of carbonyl (C=O) groups excluding carboxylic acids is 1. The van der Waals surface area contributed by atoms with E-state index in [0.29, 0.717) is 17.8 Å². The maximum atomic E-state index is 12.9. The molecule has 0 fully saturated rings. The number of aromatic nitrogens is 2. The minimum atomic E-state index is -1.19. The van der Waals surface area contributed by atoms with Crippen molar-refractivity contribution in [3.63, 3.8) is 0 Å². The molecule has 0 saturated carbocycles. The predicted octanol–water partition coefficient (Wildman–Crippen LogP) is 1.57. The van der Waals surface area contributed by atoms with Crippen molar-refractivity contribution in [2.45, 2.75) is 52.0 Å². The third-order valence-electron chi connectivity index (χ3n) is 4.90. The van der Waals surface area contributed by atoms with Crippen molar-refractivity contribution in [3.05, 3.63) is 26.5 Å². The molecule has 2 heterocycles. The number of aromatic hydroxyl groups is 1. The number of rotatable bonds is 5. The van der Waals surface area contributed by atoms with Gasteiger partial charge < -0.3 is 15.5 Å². The highest BCUT2D eigenvalue weighted by atomic mass is 32.1. The summed E-state index contributed by atoms with van der Waals surface area (Å²) in [6.45, 7) is 3.51. The van der Waals surface area contributed by atoms with Crippen LogP contribution in [0.25, 0.3) is 4.96 Å². The first-order chi connectivity index (χ1) is 12.3. The first-order valence-corrected chi connectivity index (χ1v) is 9.46. The van der Waals surface area contributed by atoms with Gasteiger partial charge >= 0.3 is 5.97 Å². The molecule has 140 valence electrons. The number of carbonyl (C=O) groups is 2. The molecule has 2 atom stereocenters. The average molecular weight is 379 g/mol. The van der Waals surface area contributed by atoms with Crippen LogP contribution in [-0.4, -0.2) is 37.5 Å². The summed E-state index contributed by atoms with van der Waals surface area (Å²) in [5.41, 5.74) is -0.333. The molecule has 0 spiro atoms. The zero-order valence-corrected chi connectivity index (χ0v) is 15.4. The van der Waals surface area contributed by atoms with Gasteiger partial charge in [0, 0.05) is 10.6 Å². The maximum absolute atomic E-state index is 12.9. The van der Waals surface area contributed by atoms with Crippen molar-refractivity contribution < 1.29 is 19.8 Å². The molecular weight excluding hydrogens is 358 g/mol. The number of hydrogen-bond acceptors (Lipinski definition) is 6. The normalized spacial score (nSPS) is 16.1. The number of thiazole rings is 1. The van der Waals surface area contributed by atoms with Crippen molar-refractivity contribution in [1.29, 1.82) is 0 Å². The third-order valence-corrected chi connectivity index (χ3v) is 6.04. The van der Waals surface area contributed by atoms with E-state index in [4.69, 9.17) is 0 Å². The van der Waals surface area contributed by atoms with Gasteiger partial charge in [0.2, 0.25) is 5.88 Å². The molecule has 0 saturated heterocycles. The Bertz CT molecular complexity index is 933. The number of carboxylic acids is 1. The third kappa shape index (κ3) is 3.07. The van der Waals surface area contributed by atoms with E-state index in [1.54, 1.807) is 6.92 Å². The van der Waals surface area contributed by atoms with Crippen LogP contribution < -0.4 is 10.9 Å². The first kappa shape index (κ1) is 18.4. The van der Waals surface area contributed by atoms with Crippen molar-refractivity contribution in [2.75, 3.05) is 0 Å². The standard InChI is InChI=1S/C17H21N3O5S/c1-3-8(2)12(16(24)25)18-13(21)11-14(22)19-17-20(15(11)23)9-6-4-5-7-10(9)26-17/h8,12,22H,3-7H2,1-2H3,(H,18,21)(H,24,25). The molecule has 3 rings (SSSR count). The lowest BCUT2D eigenvalue weighted by molar-refractivity contribution is -0.140. The fraction of sp³-hybridized carbons (Fsp3) is 0.529. The molecule has 1 aliphatic rings. The van der Waals surface area contributed by atoms with Gasteiger partial charge in [-0.3, -0.25) is 14.0 Å². The van der Waals surface area contributed by atoms with Gasteiger partial charge in [-0.15, -0.1) is 11.3 Å². The van der Waals surface area contributed by atoms with Crippen LogP contribution in [0.3, 0.4) is 0 Å². The van der Waals surface area contributed by atoms with Crippen LogP contribution in [0.4, 0.5) is 0 Å². The number of nitrogens with one attached hydrogen (secondary N) is 1. The molecule has 8 nitrogen and oxygen atoms in total. The van der Waals surface area contributed by atoms with Gasteiger partial charge in [0.25, 0.3) is 11.5 Å². The summed E-state index contributed by atoms with van der Waals surface area (Å²) in [6.07, 6.45) is 4.08. The van der Waals surface area contributed by atoms with Crippen LogP contribution in [-0.2, 0) is 17.6 Å². The van der Waals surface area contributed by atoms with E-state index in [2.05, 4.69) is 10.3 Å². The summed E-state index contributed by atoms with van der Waals surface area (Å²) in [5, 5.41) is 21.8. The smallest absolute Gasteiger partial charge is 0.326 e. The van der Waals surface area contributed by atoms with Gasteiger partial charge in [-0.2, -0.15) is 4.98 Å². The van der Waals surface area contributed by atoms with E-state index >= 15 is 0 Å². The zero-order valence-electron chi connectivity index (χ0n) is 14.6. The molecule has 2 aromatic rings. The van der Waals surface area contributed by atoms with Gasteiger partial charge in [-0.05, 0) is 31.6 Å². The summed E-state index contributed by atoms with van der Waals surface area (Å²) in [5.74, 6) is -3.10. The summed E-state index contributed by atoms with van der Waals surface area (Å²) in [4.78, 5) is 42.3. The van der Waals surface area contributed by atoms with Crippen LogP contribution in [0.5, 0.6) is 5.88 Å². The molecule has 2 unspecified atom stereocenters. The van der Waals surface area contributed by atoms with E-state index in [0.717, 1.165) is 29.8 Å². The minimum absolute atomic E-state index is 0.327. The average Bonchev–Trinajstić information content (AvgIpc) is 2.96. The highest BCUT2D eigenvalue weighted by Gasteiger charge is 2.30. The molecule has 9 heteroatoms. The van der Waals surface area contributed by atoms with E-state index in [1.807, 2.05) is 6.92 Å². The second kappa shape index (κ2) is 7.06. The monoisotopic (exact) mass is 379 g/mol. The SMILES string of the molecule is CCC(C)C(NC(=O)c1c(O)nc2sc3c(n2c1=O)CCCC3)C(=O)O. The molecule has 0 radical (unpaired) electrons. The Kier molecular flexibility index (Phi) is 4.99. The van der Waals surface area contributed by atoms with Gasteiger partial charge in [-0.25, -0.2) is 4.79 Å². The summed E-state index contributed by atoms with van der Waals surface area (Å²) < 4.78 is 1.38. The Morgan fingerprint density at radius 2 is 2.04 bits per heavy atom. The Balaban J connectivity index is 2.05. The highest BCUT2D eigenvalue weighted by Crippen LogP contribution is 2.29. The number of aryl methyl sites for hydroxylation is 2. The van der Waals surface area contributed by atoms with Crippen molar-refractivity contribution >= 4 is 28.2 Å². The molecule has 2 aromatic heterocycles. The molecular formula is C17H21N3O5S. The summed E-state index contributed by atoms with van der Waals surface area (Å²) in [7, 11) is 0. The number of hydrogen-bond donors (Lipinski definition) is 3. The largest absolute Gasteiger partial charge is 0.492 e. The second-order valence-electron chi connectivity index (χ2n) is 6.59. The van der Waals surface area contributed by atoms with Crippen LogP contribution in [0, 0.1) is 5.92 Å². The predicted molar refractivity (Wildman–Crippen MR) is 96.0 cm³/mol. The van der Waals surface area contributed by atoms with E-state index in [9.17, 15) is 24.6 Å². The van der Waals surface area contributed by atoms with Crippen LogP contribution in [0.2, 0.25) is 0 Å². The van der Waals surface area contributed by atoms with Crippen molar-refractivity contribution in [2.24, 2.45) is 5.92 Å². The molecule has 26 heavy (non-hydrogen) atoms. The van der Waals surface area contributed by atoms with Crippen LogP contribution in [0.1, 0.15) is 54.0 Å². The lowest BCUT2D eigenvalue weighted by atomic mass is 9.99. The molecule has 0 bridgehead atoms. The quantitative estimate of drug-likeness (QED) is 0.725. The number of aliphatic carboxylic acids is 1. The van der Waals surface area contributed by atoms with Crippen LogP contribution >= 0.6 is 11.3 Å². The Morgan fingerprint density at radius 3 is 2.69 bits per heavy atom. The zero-order chi connectivity index (χ0) is 19.0. The summed E-state index contributed by atoms with van der Waals surface area (Å²) in [6, 6.07) is -1.15. The Hall–Kier alpha value is -2.42. The minimum Gasteiger partial charge on any atom is -0.492 e. The number of fused-ring (bicyclic) bond motifs is 3.